The Morgan fingerprint density at radius 1 is 1.50 bits per heavy atom. The fourth-order valence-electron chi connectivity index (χ4n) is 0.272. The lowest BCUT2D eigenvalue weighted by atomic mass is 10.2. The molecule has 0 aliphatic carbocycles. The van der Waals surface area contributed by atoms with Crippen molar-refractivity contribution >= 4 is 0 Å². The van der Waals surface area contributed by atoms with Crippen LogP contribution in [0.4, 0.5) is 0 Å². The van der Waals surface area contributed by atoms with Crippen molar-refractivity contribution in [3.63, 3.8) is 0 Å². The standard InChI is InChI=1S/C6H11/c1-4-5-6(2)3/h4-6H,1H2,2-3H3. The van der Waals surface area contributed by atoms with Crippen LogP contribution >= 0.6 is 0 Å². The zero-order valence-corrected chi connectivity index (χ0v) is 4.44. The molecule has 0 saturated heterocycles. The van der Waals surface area contributed by atoms with Gasteiger partial charge in [0.05, 0.1) is 0 Å². The van der Waals surface area contributed by atoms with Crippen LogP contribution in [0.2, 0.25) is 0 Å². The van der Waals surface area contributed by atoms with Crippen molar-refractivity contribution in [3.8, 4) is 0 Å². The van der Waals surface area contributed by atoms with Crippen LogP contribution in [0.5, 0.6) is 0 Å². The first-order chi connectivity index (χ1) is 2.77. The molecule has 0 saturated carbocycles. The van der Waals surface area contributed by atoms with Gasteiger partial charge in [-0.1, -0.05) is 26.0 Å². The van der Waals surface area contributed by atoms with E-state index in [4.69, 9.17) is 0 Å². The third kappa shape index (κ3) is 3.74. The maximum absolute atomic E-state index is 3.55. The molecule has 0 N–H and O–H groups in total. The average molecular weight is 83.2 g/mol. The van der Waals surface area contributed by atoms with E-state index in [0.717, 1.165) is 0 Å². The molecule has 0 aliphatic rings. The van der Waals surface area contributed by atoms with Gasteiger partial charge >= 0.3 is 0 Å². The third-order valence-corrected chi connectivity index (χ3v) is 0.521. The summed E-state index contributed by atoms with van der Waals surface area (Å²) in [7, 11) is 0. The third-order valence-electron chi connectivity index (χ3n) is 0.521. The van der Waals surface area contributed by atoms with Crippen molar-refractivity contribution in [2.24, 2.45) is 5.92 Å². The summed E-state index contributed by atoms with van der Waals surface area (Å²) in [5.74, 6) is 0.655. The van der Waals surface area contributed by atoms with Gasteiger partial charge in [0.25, 0.3) is 0 Å². The van der Waals surface area contributed by atoms with Gasteiger partial charge in [-0.05, 0) is 12.8 Å². The monoisotopic (exact) mass is 83.1 g/mol. The number of hydrogen-bond acceptors (Lipinski definition) is 0. The van der Waals surface area contributed by atoms with Gasteiger partial charge in [0, 0.05) is 0 Å². The molecule has 0 atom stereocenters. The second kappa shape index (κ2) is 2.95. The molecule has 0 bridgehead atoms. The highest BCUT2D eigenvalue weighted by Gasteiger charge is 1.76. The molecule has 0 spiro atoms. The van der Waals surface area contributed by atoms with Crippen molar-refractivity contribution in [1.82, 2.24) is 0 Å². The fraction of sp³-hybridized carbons (Fsp3) is 0.500. The summed E-state index contributed by atoms with van der Waals surface area (Å²) >= 11 is 0. The molecule has 35 valence electrons. The van der Waals surface area contributed by atoms with Gasteiger partial charge in [0.2, 0.25) is 0 Å². The minimum absolute atomic E-state index is 0.655. The summed E-state index contributed by atoms with van der Waals surface area (Å²) in [6, 6.07) is 0. The summed E-state index contributed by atoms with van der Waals surface area (Å²) in [6.07, 6.45) is 3.88. The smallest absolute Gasteiger partial charge is 0.0290 e. The molecule has 0 aromatic rings. The SMILES string of the molecule is [CH2]C=CC(C)C. The van der Waals surface area contributed by atoms with Crippen molar-refractivity contribution in [2.75, 3.05) is 0 Å². The van der Waals surface area contributed by atoms with Gasteiger partial charge in [0.15, 0.2) is 0 Å². The molecule has 0 aliphatic heterocycles. The Morgan fingerprint density at radius 3 is 2.00 bits per heavy atom. The Balaban J connectivity index is 3.03. The van der Waals surface area contributed by atoms with Crippen LogP contribution in [0.1, 0.15) is 13.8 Å². The molecule has 0 heterocycles. The molecular formula is C6H11. The number of rotatable bonds is 1. The summed E-state index contributed by atoms with van der Waals surface area (Å²) in [5.41, 5.74) is 0. The molecule has 6 heavy (non-hydrogen) atoms. The maximum Gasteiger partial charge on any atom is -0.0290 e. The second-order valence-electron chi connectivity index (χ2n) is 1.67. The summed E-state index contributed by atoms with van der Waals surface area (Å²) in [4.78, 5) is 0. The molecular weight excluding hydrogens is 72.1 g/mol. The van der Waals surface area contributed by atoms with Gasteiger partial charge in [0.1, 0.15) is 0 Å². The highest BCUT2D eigenvalue weighted by atomic mass is 13.8. The van der Waals surface area contributed by atoms with Crippen molar-refractivity contribution in [2.45, 2.75) is 13.8 Å². The molecule has 0 aromatic heterocycles. The number of hydrogen-bond donors (Lipinski definition) is 0. The van der Waals surface area contributed by atoms with Crippen molar-refractivity contribution in [3.05, 3.63) is 19.1 Å². The van der Waals surface area contributed by atoms with E-state index in [1.54, 1.807) is 0 Å². The van der Waals surface area contributed by atoms with Gasteiger partial charge in [-0.3, -0.25) is 0 Å². The van der Waals surface area contributed by atoms with Crippen LogP contribution in [-0.4, -0.2) is 0 Å². The van der Waals surface area contributed by atoms with Crippen LogP contribution in [0.3, 0.4) is 0 Å². The molecule has 0 amide bonds. The highest BCUT2D eigenvalue weighted by Crippen LogP contribution is 1.90. The van der Waals surface area contributed by atoms with E-state index < -0.39 is 0 Å². The first kappa shape index (κ1) is 5.74. The molecule has 1 radical (unpaired) electrons. The minimum atomic E-state index is 0.655. The fourth-order valence-corrected chi connectivity index (χ4v) is 0.272. The van der Waals surface area contributed by atoms with Crippen LogP contribution in [0.15, 0.2) is 12.2 Å². The topological polar surface area (TPSA) is 0 Å². The lowest BCUT2D eigenvalue weighted by Gasteiger charge is -1.86. The van der Waals surface area contributed by atoms with E-state index >= 15 is 0 Å². The van der Waals surface area contributed by atoms with Gasteiger partial charge in [-0.15, -0.1) is 0 Å². The highest BCUT2D eigenvalue weighted by molar-refractivity contribution is 4.85. The zero-order chi connectivity index (χ0) is 4.99. The van der Waals surface area contributed by atoms with E-state index in [1.807, 2.05) is 6.08 Å². The Hall–Kier alpha value is -0.260. The van der Waals surface area contributed by atoms with Crippen LogP contribution in [0, 0.1) is 12.8 Å². The molecule has 0 unspecified atom stereocenters. The second-order valence-corrected chi connectivity index (χ2v) is 1.67. The van der Waals surface area contributed by atoms with Crippen molar-refractivity contribution in [1.29, 1.82) is 0 Å². The molecule has 0 rings (SSSR count). The quantitative estimate of drug-likeness (QED) is 0.455. The normalized spacial score (nSPS) is 11.3. The Kier molecular flexibility index (Phi) is 2.82. The summed E-state index contributed by atoms with van der Waals surface area (Å²) in [5, 5.41) is 0. The predicted molar refractivity (Wildman–Crippen MR) is 29.3 cm³/mol. The Morgan fingerprint density at radius 2 is 2.00 bits per heavy atom. The average Bonchev–Trinajstić information content (AvgIpc) is 1.35. The van der Waals surface area contributed by atoms with Gasteiger partial charge < -0.3 is 0 Å². The molecule has 0 fully saturated rings. The van der Waals surface area contributed by atoms with E-state index in [1.165, 1.54) is 0 Å². The largest absolute Gasteiger partial charge is 0.0880 e. The van der Waals surface area contributed by atoms with Crippen molar-refractivity contribution < 1.29 is 0 Å². The van der Waals surface area contributed by atoms with Gasteiger partial charge in [-0.25, -0.2) is 0 Å². The van der Waals surface area contributed by atoms with E-state index in [0.29, 0.717) is 5.92 Å². The Bertz CT molecular complexity index is 42.0. The summed E-state index contributed by atoms with van der Waals surface area (Å²) < 4.78 is 0. The number of allylic oxidation sites excluding steroid dienone is 2. The predicted octanol–water partition coefficient (Wildman–Crippen LogP) is 2.03. The van der Waals surface area contributed by atoms with E-state index in [9.17, 15) is 0 Å². The Labute approximate surface area is 39.9 Å². The van der Waals surface area contributed by atoms with E-state index in [-0.39, 0.29) is 0 Å². The minimum Gasteiger partial charge on any atom is -0.0880 e. The van der Waals surface area contributed by atoms with E-state index in [2.05, 4.69) is 26.8 Å². The first-order valence-corrected chi connectivity index (χ1v) is 2.23. The molecule has 0 aromatic carbocycles. The molecule has 0 nitrogen and oxygen atoms in total. The van der Waals surface area contributed by atoms with Crippen LogP contribution < -0.4 is 0 Å². The van der Waals surface area contributed by atoms with Crippen LogP contribution in [-0.2, 0) is 0 Å². The molecule has 0 heteroatoms. The van der Waals surface area contributed by atoms with Crippen LogP contribution in [0.25, 0.3) is 0 Å². The van der Waals surface area contributed by atoms with Gasteiger partial charge in [-0.2, -0.15) is 0 Å². The zero-order valence-electron chi connectivity index (χ0n) is 4.44. The first-order valence-electron chi connectivity index (χ1n) is 2.23. The maximum atomic E-state index is 3.55. The summed E-state index contributed by atoms with van der Waals surface area (Å²) in [6.45, 7) is 7.80. The lowest BCUT2D eigenvalue weighted by Crippen LogP contribution is -1.73. The lowest BCUT2D eigenvalue weighted by molar-refractivity contribution is 0.832.